The van der Waals surface area contributed by atoms with Crippen LogP contribution in [-0.4, -0.2) is 18.5 Å². The van der Waals surface area contributed by atoms with Crippen molar-refractivity contribution in [3.8, 4) is 0 Å². The number of rotatable bonds is 6. The van der Waals surface area contributed by atoms with Crippen LogP contribution in [-0.2, 0) is 20.9 Å². The van der Waals surface area contributed by atoms with Crippen LogP contribution in [0, 0.1) is 0 Å². The second-order valence-corrected chi connectivity index (χ2v) is 3.82. The number of hydrogen-bond acceptors (Lipinski definition) is 4. The van der Waals surface area contributed by atoms with Crippen LogP contribution >= 0.6 is 0 Å². The molecule has 18 heavy (non-hydrogen) atoms. The van der Waals surface area contributed by atoms with E-state index in [1.54, 1.807) is 19.1 Å². The first-order chi connectivity index (χ1) is 8.61. The molecule has 5 nitrogen and oxygen atoms in total. The number of nitrogens with one attached hydrogen (secondary N) is 1. The smallest absolute Gasteiger partial charge is 0.306 e. The van der Waals surface area contributed by atoms with E-state index >= 15 is 0 Å². The van der Waals surface area contributed by atoms with Crippen molar-refractivity contribution in [3.05, 3.63) is 29.8 Å². The van der Waals surface area contributed by atoms with Crippen LogP contribution in [0.25, 0.3) is 0 Å². The largest absolute Gasteiger partial charge is 0.466 e. The van der Waals surface area contributed by atoms with Gasteiger partial charge in [0, 0.05) is 18.7 Å². The average Bonchev–Trinajstić information content (AvgIpc) is 2.36. The Morgan fingerprint density at radius 1 is 1.22 bits per heavy atom. The number of carbonyl (C=O) groups is 2. The molecule has 1 aromatic rings. The molecule has 0 unspecified atom stereocenters. The molecular weight excluding hydrogens is 232 g/mol. The molecule has 1 amide bonds. The lowest BCUT2D eigenvalue weighted by Gasteiger charge is -2.05. The fourth-order valence-corrected chi connectivity index (χ4v) is 1.37. The molecule has 0 aliphatic heterocycles. The standard InChI is InChI=1S/C13H18N2O3/c1-2-18-13(17)8-7-12(16)15-9-10-3-5-11(14)6-4-10/h3-6H,2,7-9,14H2,1H3,(H,15,16). The zero-order chi connectivity index (χ0) is 13.4. The summed E-state index contributed by atoms with van der Waals surface area (Å²) >= 11 is 0. The highest BCUT2D eigenvalue weighted by atomic mass is 16.5. The van der Waals surface area contributed by atoms with Crippen LogP contribution in [0.4, 0.5) is 5.69 Å². The van der Waals surface area contributed by atoms with E-state index in [2.05, 4.69) is 5.32 Å². The maximum Gasteiger partial charge on any atom is 0.306 e. The fraction of sp³-hybridized carbons (Fsp3) is 0.385. The summed E-state index contributed by atoms with van der Waals surface area (Å²) < 4.78 is 4.74. The molecule has 3 N–H and O–H groups in total. The number of amides is 1. The highest BCUT2D eigenvalue weighted by molar-refractivity contribution is 5.81. The number of benzene rings is 1. The molecule has 0 saturated carbocycles. The van der Waals surface area contributed by atoms with Crippen LogP contribution in [0.1, 0.15) is 25.3 Å². The van der Waals surface area contributed by atoms with Crippen LogP contribution in [0.2, 0.25) is 0 Å². The molecule has 0 aliphatic rings. The topological polar surface area (TPSA) is 81.4 Å². The molecule has 1 rings (SSSR count). The molecule has 0 radical (unpaired) electrons. The Morgan fingerprint density at radius 2 is 1.89 bits per heavy atom. The molecule has 0 saturated heterocycles. The summed E-state index contributed by atoms with van der Waals surface area (Å²) in [6.45, 7) is 2.51. The summed E-state index contributed by atoms with van der Waals surface area (Å²) in [5.41, 5.74) is 7.21. The van der Waals surface area contributed by atoms with Gasteiger partial charge in [-0.3, -0.25) is 9.59 Å². The molecule has 0 fully saturated rings. The average molecular weight is 250 g/mol. The Labute approximate surface area is 106 Å². The minimum absolute atomic E-state index is 0.113. The van der Waals surface area contributed by atoms with Gasteiger partial charge in [0.1, 0.15) is 0 Å². The van der Waals surface area contributed by atoms with E-state index in [0.29, 0.717) is 18.8 Å². The summed E-state index contributed by atoms with van der Waals surface area (Å²) in [6, 6.07) is 7.25. The first-order valence-corrected chi connectivity index (χ1v) is 5.88. The number of nitrogen functional groups attached to an aromatic ring is 1. The van der Waals surface area contributed by atoms with E-state index in [1.165, 1.54) is 0 Å². The fourth-order valence-electron chi connectivity index (χ4n) is 1.37. The Morgan fingerprint density at radius 3 is 2.50 bits per heavy atom. The monoisotopic (exact) mass is 250 g/mol. The van der Waals surface area contributed by atoms with E-state index < -0.39 is 0 Å². The number of anilines is 1. The van der Waals surface area contributed by atoms with Gasteiger partial charge in [-0.15, -0.1) is 0 Å². The zero-order valence-electron chi connectivity index (χ0n) is 10.4. The van der Waals surface area contributed by atoms with E-state index in [-0.39, 0.29) is 24.7 Å². The maximum atomic E-state index is 11.4. The van der Waals surface area contributed by atoms with Gasteiger partial charge in [0.15, 0.2) is 0 Å². The van der Waals surface area contributed by atoms with Crippen molar-refractivity contribution in [1.29, 1.82) is 0 Å². The van der Waals surface area contributed by atoms with Gasteiger partial charge in [0.2, 0.25) is 5.91 Å². The number of hydrogen-bond donors (Lipinski definition) is 2. The molecular formula is C13H18N2O3. The Bertz CT molecular complexity index is 401. The summed E-state index contributed by atoms with van der Waals surface area (Å²) in [7, 11) is 0. The van der Waals surface area contributed by atoms with Crippen molar-refractivity contribution in [1.82, 2.24) is 5.32 Å². The van der Waals surface area contributed by atoms with Gasteiger partial charge in [-0.1, -0.05) is 12.1 Å². The predicted molar refractivity (Wildman–Crippen MR) is 68.6 cm³/mol. The molecule has 0 atom stereocenters. The number of carbonyl (C=O) groups excluding carboxylic acids is 2. The third kappa shape index (κ3) is 5.34. The van der Waals surface area contributed by atoms with Gasteiger partial charge in [0.25, 0.3) is 0 Å². The highest BCUT2D eigenvalue weighted by Gasteiger charge is 2.06. The first kappa shape index (κ1) is 14.0. The van der Waals surface area contributed by atoms with Gasteiger partial charge in [-0.25, -0.2) is 0 Å². The number of esters is 1. The summed E-state index contributed by atoms with van der Waals surface area (Å²) in [5, 5.41) is 2.73. The van der Waals surface area contributed by atoms with Crippen molar-refractivity contribution >= 4 is 17.6 Å². The van der Waals surface area contributed by atoms with Crippen molar-refractivity contribution < 1.29 is 14.3 Å². The predicted octanol–water partition coefficient (Wildman–Crippen LogP) is 1.23. The Kier molecular flexibility index (Phi) is 5.70. The lowest BCUT2D eigenvalue weighted by Crippen LogP contribution is -2.23. The van der Waals surface area contributed by atoms with Gasteiger partial charge >= 0.3 is 5.97 Å². The normalized spacial score (nSPS) is 9.83. The lowest BCUT2D eigenvalue weighted by atomic mass is 10.2. The highest BCUT2D eigenvalue weighted by Crippen LogP contribution is 2.05. The molecule has 0 spiro atoms. The van der Waals surface area contributed by atoms with Crippen molar-refractivity contribution in [2.24, 2.45) is 0 Å². The first-order valence-electron chi connectivity index (χ1n) is 5.88. The quantitative estimate of drug-likeness (QED) is 0.587. The van der Waals surface area contributed by atoms with Gasteiger partial charge in [0.05, 0.1) is 13.0 Å². The van der Waals surface area contributed by atoms with Crippen LogP contribution < -0.4 is 11.1 Å². The minimum atomic E-state index is -0.347. The molecule has 5 heteroatoms. The van der Waals surface area contributed by atoms with Crippen LogP contribution in [0.15, 0.2) is 24.3 Å². The van der Waals surface area contributed by atoms with E-state index in [0.717, 1.165) is 5.56 Å². The van der Waals surface area contributed by atoms with Crippen molar-refractivity contribution in [3.63, 3.8) is 0 Å². The Hall–Kier alpha value is -2.04. The van der Waals surface area contributed by atoms with Gasteiger partial charge in [-0.05, 0) is 24.6 Å². The molecule has 98 valence electrons. The lowest BCUT2D eigenvalue weighted by molar-refractivity contribution is -0.144. The van der Waals surface area contributed by atoms with Crippen LogP contribution in [0.5, 0.6) is 0 Å². The molecule has 0 aromatic heterocycles. The maximum absolute atomic E-state index is 11.4. The summed E-state index contributed by atoms with van der Waals surface area (Å²) in [4.78, 5) is 22.5. The van der Waals surface area contributed by atoms with Gasteiger partial charge in [-0.2, -0.15) is 0 Å². The Balaban J connectivity index is 2.24. The number of ether oxygens (including phenoxy) is 1. The van der Waals surface area contributed by atoms with E-state index in [4.69, 9.17) is 10.5 Å². The van der Waals surface area contributed by atoms with Crippen molar-refractivity contribution in [2.75, 3.05) is 12.3 Å². The third-order valence-corrected chi connectivity index (χ3v) is 2.33. The number of nitrogens with two attached hydrogens (primary N) is 1. The molecule has 0 bridgehead atoms. The van der Waals surface area contributed by atoms with Crippen LogP contribution in [0.3, 0.4) is 0 Å². The van der Waals surface area contributed by atoms with E-state index in [9.17, 15) is 9.59 Å². The SMILES string of the molecule is CCOC(=O)CCC(=O)NCc1ccc(N)cc1. The minimum Gasteiger partial charge on any atom is -0.466 e. The van der Waals surface area contributed by atoms with Crippen molar-refractivity contribution in [2.45, 2.75) is 26.3 Å². The zero-order valence-corrected chi connectivity index (χ0v) is 10.4. The molecule has 0 aliphatic carbocycles. The third-order valence-electron chi connectivity index (χ3n) is 2.33. The second-order valence-electron chi connectivity index (χ2n) is 3.82. The van der Waals surface area contributed by atoms with Gasteiger partial charge < -0.3 is 15.8 Å². The summed E-state index contributed by atoms with van der Waals surface area (Å²) in [6.07, 6.45) is 0.259. The summed E-state index contributed by atoms with van der Waals surface area (Å²) in [5.74, 6) is -0.514. The van der Waals surface area contributed by atoms with E-state index in [1.807, 2.05) is 12.1 Å². The second kappa shape index (κ2) is 7.32. The molecule has 0 heterocycles. The molecule has 1 aromatic carbocycles.